The lowest BCUT2D eigenvalue weighted by Crippen LogP contribution is -2.43. The highest BCUT2D eigenvalue weighted by Gasteiger charge is 2.18. The zero-order chi connectivity index (χ0) is 15.1. The molecule has 1 rings (SSSR count). The van der Waals surface area contributed by atoms with Gasteiger partial charge in [0.2, 0.25) is 5.91 Å². The van der Waals surface area contributed by atoms with Crippen LogP contribution in [-0.4, -0.2) is 36.7 Å². The van der Waals surface area contributed by atoms with Crippen molar-refractivity contribution < 1.29 is 19.4 Å². The van der Waals surface area contributed by atoms with Gasteiger partial charge in [0.05, 0.1) is 6.61 Å². The van der Waals surface area contributed by atoms with Gasteiger partial charge < -0.3 is 15.2 Å². The van der Waals surface area contributed by atoms with Crippen molar-refractivity contribution in [1.82, 2.24) is 5.32 Å². The molecule has 20 heavy (non-hydrogen) atoms. The number of hydrogen-bond acceptors (Lipinski definition) is 3. The number of rotatable bonds is 6. The second-order valence-corrected chi connectivity index (χ2v) is 4.64. The maximum atomic E-state index is 11.6. The van der Waals surface area contributed by atoms with Crippen LogP contribution in [0.4, 0.5) is 0 Å². The number of nitrogens with one attached hydrogen (secondary N) is 1. The first kappa shape index (κ1) is 16.5. The highest BCUT2D eigenvalue weighted by atomic mass is 35.5. The van der Waals surface area contributed by atoms with Crippen LogP contribution in [-0.2, 0) is 14.3 Å². The minimum atomic E-state index is -1.18. The molecule has 1 amide bonds. The number of ether oxygens (including phenoxy) is 1. The number of halogens is 2. The van der Waals surface area contributed by atoms with Crippen LogP contribution in [0.15, 0.2) is 24.3 Å². The predicted molar refractivity (Wildman–Crippen MR) is 76.9 cm³/mol. The van der Waals surface area contributed by atoms with Crippen molar-refractivity contribution in [3.8, 4) is 0 Å². The molecule has 1 aromatic carbocycles. The van der Waals surface area contributed by atoms with Crippen molar-refractivity contribution in [3.63, 3.8) is 0 Å². The van der Waals surface area contributed by atoms with E-state index in [4.69, 9.17) is 33.0 Å². The number of carboxylic acid groups (broad SMARTS) is 1. The van der Waals surface area contributed by atoms with Gasteiger partial charge in [0.15, 0.2) is 6.04 Å². The van der Waals surface area contributed by atoms with E-state index in [0.717, 1.165) is 0 Å². The van der Waals surface area contributed by atoms with E-state index in [9.17, 15) is 9.59 Å². The number of benzene rings is 1. The van der Waals surface area contributed by atoms with Gasteiger partial charge >= 0.3 is 5.97 Å². The number of hydrogen-bond donors (Lipinski definition) is 2. The monoisotopic (exact) mass is 317 g/mol. The van der Waals surface area contributed by atoms with E-state index in [-0.39, 0.29) is 6.61 Å². The molecule has 1 unspecified atom stereocenters. The Kier molecular flexibility index (Phi) is 6.51. The molecular formula is C13H13Cl2NO4. The smallest absolute Gasteiger partial charge is 0.328 e. The number of methoxy groups -OCH3 is 1. The number of carboxylic acids is 1. The maximum absolute atomic E-state index is 11.6. The molecule has 0 bridgehead atoms. The molecule has 0 aliphatic heterocycles. The van der Waals surface area contributed by atoms with E-state index in [0.29, 0.717) is 15.6 Å². The summed E-state index contributed by atoms with van der Waals surface area (Å²) in [6.45, 7) is -0.123. The maximum Gasteiger partial charge on any atom is 0.328 e. The molecular weight excluding hydrogens is 305 g/mol. The summed E-state index contributed by atoms with van der Waals surface area (Å²) in [5.74, 6) is -1.75. The third-order valence-electron chi connectivity index (χ3n) is 2.35. The Balaban J connectivity index is 2.75. The van der Waals surface area contributed by atoms with Crippen LogP contribution in [0.1, 0.15) is 5.56 Å². The lowest BCUT2D eigenvalue weighted by Gasteiger charge is -2.11. The summed E-state index contributed by atoms with van der Waals surface area (Å²) in [7, 11) is 1.35. The Hall–Kier alpha value is -1.56. The van der Waals surface area contributed by atoms with Crippen LogP contribution in [0.2, 0.25) is 10.0 Å². The third kappa shape index (κ3) is 4.85. The average molecular weight is 318 g/mol. The molecule has 1 atom stereocenters. The Labute approximate surface area is 126 Å². The molecule has 1 aromatic rings. The van der Waals surface area contributed by atoms with Crippen molar-refractivity contribution in [1.29, 1.82) is 0 Å². The Morgan fingerprint density at radius 2 is 2.00 bits per heavy atom. The van der Waals surface area contributed by atoms with Crippen LogP contribution in [0.5, 0.6) is 0 Å². The number of carbonyl (C=O) groups is 2. The lowest BCUT2D eigenvalue weighted by molar-refractivity contribution is -0.142. The van der Waals surface area contributed by atoms with Crippen LogP contribution in [0.25, 0.3) is 6.08 Å². The molecule has 0 saturated carbocycles. The van der Waals surface area contributed by atoms with E-state index in [1.165, 1.54) is 19.3 Å². The first-order valence-electron chi connectivity index (χ1n) is 5.60. The Morgan fingerprint density at radius 1 is 1.40 bits per heavy atom. The third-order valence-corrected chi connectivity index (χ3v) is 3.01. The molecule has 0 spiro atoms. The van der Waals surface area contributed by atoms with E-state index < -0.39 is 17.9 Å². The summed E-state index contributed by atoms with van der Waals surface area (Å²) in [6, 6.07) is 3.84. The van der Waals surface area contributed by atoms with Crippen LogP contribution < -0.4 is 5.32 Å². The Bertz CT molecular complexity index is 511. The van der Waals surface area contributed by atoms with Gasteiger partial charge in [-0.05, 0) is 18.2 Å². The summed E-state index contributed by atoms with van der Waals surface area (Å²) >= 11 is 11.9. The molecule has 0 aliphatic carbocycles. The molecule has 2 N–H and O–H groups in total. The average Bonchev–Trinajstić information content (AvgIpc) is 2.37. The number of aliphatic carboxylic acids is 1. The summed E-state index contributed by atoms with van der Waals surface area (Å²) in [5.41, 5.74) is 0.490. The molecule has 5 nitrogen and oxygen atoms in total. The lowest BCUT2D eigenvalue weighted by atomic mass is 10.2. The van der Waals surface area contributed by atoms with Gasteiger partial charge in [-0.3, -0.25) is 4.79 Å². The molecule has 108 valence electrons. The first-order valence-corrected chi connectivity index (χ1v) is 6.35. The zero-order valence-electron chi connectivity index (χ0n) is 10.6. The van der Waals surface area contributed by atoms with Gasteiger partial charge in [0.25, 0.3) is 0 Å². The van der Waals surface area contributed by atoms with E-state index >= 15 is 0 Å². The van der Waals surface area contributed by atoms with E-state index in [1.807, 2.05) is 0 Å². The van der Waals surface area contributed by atoms with Gasteiger partial charge in [-0.15, -0.1) is 0 Å². The molecule has 0 saturated heterocycles. The van der Waals surface area contributed by atoms with Crippen molar-refractivity contribution in [3.05, 3.63) is 39.9 Å². The molecule has 0 heterocycles. The predicted octanol–water partition coefficient (Wildman–Crippen LogP) is 2.22. The first-order chi connectivity index (χ1) is 9.45. The van der Waals surface area contributed by atoms with Crippen LogP contribution in [0, 0.1) is 0 Å². The second-order valence-electron chi connectivity index (χ2n) is 3.82. The van der Waals surface area contributed by atoms with Crippen LogP contribution >= 0.6 is 23.2 Å². The van der Waals surface area contributed by atoms with E-state index in [1.54, 1.807) is 18.2 Å². The van der Waals surface area contributed by atoms with Crippen molar-refractivity contribution >= 4 is 41.2 Å². The molecule has 0 fully saturated rings. The fourth-order valence-electron chi connectivity index (χ4n) is 1.39. The summed E-state index contributed by atoms with van der Waals surface area (Å²) in [6.07, 6.45) is 2.59. The quantitative estimate of drug-likeness (QED) is 0.789. The standard InChI is InChI=1S/C13H13Cl2NO4/c1-20-7-11(13(18)19)16-12(17)6-5-8-9(14)3-2-4-10(8)15/h2-6,11H,7H2,1H3,(H,16,17)(H,18,19)/b6-5+. The Morgan fingerprint density at radius 3 is 2.50 bits per heavy atom. The van der Waals surface area contributed by atoms with Crippen molar-refractivity contribution in [2.24, 2.45) is 0 Å². The minimum Gasteiger partial charge on any atom is -0.480 e. The summed E-state index contributed by atoms with van der Waals surface area (Å²) in [5, 5.41) is 11.9. The van der Waals surface area contributed by atoms with Crippen molar-refractivity contribution in [2.45, 2.75) is 6.04 Å². The van der Waals surface area contributed by atoms with E-state index in [2.05, 4.69) is 5.32 Å². The molecule has 0 aliphatic rings. The zero-order valence-corrected chi connectivity index (χ0v) is 12.1. The van der Waals surface area contributed by atoms with Gasteiger partial charge in [-0.1, -0.05) is 29.3 Å². The van der Waals surface area contributed by atoms with Gasteiger partial charge in [0, 0.05) is 28.8 Å². The van der Waals surface area contributed by atoms with Gasteiger partial charge in [0.1, 0.15) is 0 Å². The second kappa shape index (κ2) is 7.89. The fourth-order valence-corrected chi connectivity index (χ4v) is 1.91. The SMILES string of the molecule is COCC(NC(=O)/C=C/c1c(Cl)cccc1Cl)C(=O)O. The summed E-state index contributed by atoms with van der Waals surface area (Å²) < 4.78 is 4.71. The molecule has 7 heteroatoms. The number of amides is 1. The van der Waals surface area contributed by atoms with Crippen LogP contribution in [0.3, 0.4) is 0 Å². The van der Waals surface area contributed by atoms with Gasteiger partial charge in [-0.25, -0.2) is 4.79 Å². The minimum absolute atomic E-state index is 0.123. The molecule has 0 aromatic heterocycles. The molecule has 0 radical (unpaired) electrons. The highest BCUT2D eigenvalue weighted by molar-refractivity contribution is 6.37. The summed E-state index contributed by atoms with van der Waals surface area (Å²) in [4.78, 5) is 22.5. The topological polar surface area (TPSA) is 75.6 Å². The normalized spacial score (nSPS) is 12.3. The fraction of sp³-hybridized carbons (Fsp3) is 0.231. The highest BCUT2D eigenvalue weighted by Crippen LogP contribution is 2.25. The van der Waals surface area contributed by atoms with Gasteiger partial charge in [-0.2, -0.15) is 0 Å². The number of carbonyl (C=O) groups excluding carboxylic acids is 1. The largest absolute Gasteiger partial charge is 0.480 e. The van der Waals surface area contributed by atoms with Crippen molar-refractivity contribution in [2.75, 3.05) is 13.7 Å².